The molecule has 3 aromatic rings. The molecule has 2 bridgehead atoms. The lowest BCUT2D eigenvalue weighted by molar-refractivity contribution is 0.170. The molecule has 2 aromatic carbocycles. The molecule has 2 saturated carbocycles. The fraction of sp³-hybridized carbons (Fsp3) is 0.484. The van der Waals surface area contributed by atoms with Gasteiger partial charge in [-0.25, -0.2) is 4.98 Å². The van der Waals surface area contributed by atoms with Crippen LogP contribution in [0.3, 0.4) is 0 Å². The molecule has 1 unspecified atom stereocenters. The van der Waals surface area contributed by atoms with E-state index in [2.05, 4.69) is 43.7 Å². The second kappa shape index (κ2) is 10.3. The maximum atomic E-state index is 13.2. The molecule has 2 saturated heterocycles. The van der Waals surface area contributed by atoms with Gasteiger partial charge in [0, 0.05) is 29.6 Å². The molecule has 1 aromatic heterocycles. The number of hydrogen-bond acceptors (Lipinski definition) is 7. The largest absolute Gasteiger partial charge is 0.490 e. The molecular formula is C31H37ClN5O2P. The molecule has 0 amide bonds. The highest BCUT2D eigenvalue weighted by Gasteiger charge is 2.45. The highest BCUT2D eigenvalue weighted by atomic mass is 35.5. The lowest BCUT2D eigenvalue weighted by Crippen LogP contribution is -2.37. The second-order valence-electron chi connectivity index (χ2n) is 12.4. The fourth-order valence-corrected chi connectivity index (χ4v) is 7.89. The maximum absolute atomic E-state index is 13.2. The zero-order valence-corrected chi connectivity index (χ0v) is 24.8. The van der Waals surface area contributed by atoms with E-state index in [0.29, 0.717) is 27.8 Å². The van der Waals surface area contributed by atoms with Gasteiger partial charge in [-0.3, -0.25) is 4.90 Å². The third-order valence-corrected chi connectivity index (χ3v) is 10.8. The smallest absolute Gasteiger partial charge is 0.229 e. The van der Waals surface area contributed by atoms with E-state index in [1.165, 1.54) is 43.4 Å². The predicted molar refractivity (Wildman–Crippen MR) is 163 cm³/mol. The monoisotopic (exact) mass is 577 g/mol. The van der Waals surface area contributed by atoms with Crippen LogP contribution in [-0.2, 0) is 17.4 Å². The molecule has 9 heteroatoms. The molecule has 4 fully saturated rings. The Morgan fingerprint density at radius 1 is 0.975 bits per heavy atom. The Morgan fingerprint density at radius 3 is 2.50 bits per heavy atom. The molecule has 3 heterocycles. The Morgan fingerprint density at radius 2 is 1.77 bits per heavy atom. The number of benzene rings is 2. The fourth-order valence-electron chi connectivity index (χ4n) is 6.60. The van der Waals surface area contributed by atoms with Crippen LogP contribution in [0, 0.1) is 5.92 Å². The van der Waals surface area contributed by atoms with Crippen molar-refractivity contribution in [2.45, 2.75) is 69.6 Å². The predicted octanol–water partition coefficient (Wildman–Crippen LogP) is 6.75. The Hall–Kier alpha value is -2.60. The summed E-state index contributed by atoms with van der Waals surface area (Å²) in [4.78, 5) is 11.9. The summed E-state index contributed by atoms with van der Waals surface area (Å²) in [5, 5.41) is 7.80. The SMILES string of the molecule is CP(C)(=O)c1cc(OC2CC2)ccc1Nc1nc(Nc2ccc3c(c2)CCC(N2CC4CC2C4)CC3)ncc1Cl. The molecule has 40 heavy (non-hydrogen) atoms. The summed E-state index contributed by atoms with van der Waals surface area (Å²) in [6.07, 6.45) is 11.6. The summed E-state index contributed by atoms with van der Waals surface area (Å²) in [6, 6.07) is 13.9. The summed E-state index contributed by atoms with van der Waals surface area (Å²) >= 11 is 6.50. The number of ether oxygens (including phenoxy) is 1. The quantitative estimate of drug-likeness (QED) is 0.226. The van der Waals surface area contributed by atoms with Gasteiger partial charge >= 0.3 is 0 Å². The van der Waals surface area contributed by atoms with Crippen LogP contribution < -0.4 is 20.7 Å². The van der Waals surface area contributed by atoms with Crippen molar-refractivity contribution >= 4 is 47.2 Å². The number of anilines is 4. The molecule has 0 spiro atoms. The van der Waals surface area contributed by atoms with E-state index >= 15 is 0 Å². The van der Waals surface area contributed by atoms with Gasteiger partial charge in [-0.05, 0) is 112 Å². The van der Waals surface area contributed by atoms with Crippen LogP contribution in [0.15, 0.2) is 42.6 Å². The van der Waals surface area contributed by atoms with Crippen LogP contribution in [0.5, 0.6) is 5.75 Å². The van der Waals surface area contributed by atoms with E-state index in [4.69, 9.17) is 16.3 Å². The first-order chi connectivity index (χ1) is 19.3. The number of halogens is 1. The first-order valence-corrected chi connectivity index (χ1v) is 17.6. The summed E-state index contributed by atoms with van der Waals surface area (Å²) < 4.78 is 19.1. The second-order valence-corrected chi connectivity index (χ2v) is 16.0. The first kappa shape index (κ1) is 26.3. The van der Waals surface area contributed by atoms with Crippen molar-refractivity contribution < 1.29 is 9.30 Å². The van der Waals surface area contributed by atoms with Gasteiger partial charge in [0.25, 0.3) is 0 Å². The summed E-state index contributed by atoms with van der Waals surface area (Å²) in [5.74, 6) is 2.63. The minimum absolute atomic E-state index is 0.273. The molecule has 1 atom stereocenters. The summed E-state index contributed by atoms with van der Waals surface area (Å²) in [7, 11) is -2.60. The molecule has 7 nitrogen and oxygen atoms in total. The number of aromatic nitrogens is 2. The minimum Gasteiger partial charge on any atom is -0.490 e. The van der Waals surface area contributed by atoms with Gasteiger partial charge in [0.1, 0.15) is 17.9 Å². The third kappa shape index (κ3) is 5.48. The van der Waals surface area contributed by atoms with E-state index in [-0.39, 0.29) is 6.10 Å². The van der Waals surface area contributed by atoms with Crippen LogP contribution in [-0.4, -0.2) is 52.9 Å². The van der Waals surface area contributed by atoms with E-state index < -0.39 is 7.14 Å². The zero-order chi connectivity index (χ0) is 27.4. The van der Waals surface area contributed by atoms with Crippen molar-refractivity contribution in [3.05, 3.63) is 58.7 Å². The third-order valence-electron chi connectivity index (χ3n) is 8.95. The van der Waals surface area contributed by atoms with Crippen LogP contribution >= 0.6 is 18.7 Å². The average Bonchev–Trinajstić information content (AvgIpc) is 3.54. The first-order valence-electron chi connectivity index (χ1n) is 14.6. The minimum atomic E-state index is -2.60. The van der Waals surface area contributed by atoms with Crippen molar-refractivity contribution in [3.63, 3.8) is 0 Å². The molecule has 5 aliphatic rings. The Kier molecular flexibility index (Phi) is 6.80. The lowest BCUT2D eigenvalue weighted by atomic mass is 9.86. The number of rotatable bonds is 8. The number of nitrogens with zero attached hydrogens (tertiary/aromatic N) is 3. The van der Waals surface area contributed by atoms with E-state index in [1.54, 1.807) is 19.5 Å². The van der Waals surface area contributed by atoms with Gasteiger partial charge < -0.3 is 19.9 Å². The standard InChI is InChI=1S/C31H37ClN5O2P/c1-40(2,38)29-16-26(39-25-9-10-25)11-12-28(29)35-30-27(32)17-33-31(36-30)34-22-6-3-20-4-7-23(8-5-21(20)15-22)37-18-19-13-24(37)14-19/h3,6,11-12,15-17,19,23-25H,4-5,7-10,13-14,18H2,1-2H3,(H2,33,34,35,36). The van der Waals surface area contributed by atoms with Crippen LogP contribution in [0.25, 0.3) is 0 Å². The number of aryl methyl sites for hydroxylation is 2. The highest BCUT2D eigenvalue weighted by molar-refractivity contribution is 7.70. The van der Waals surface area contributed by atoms with Crippen molar-refractivity contribution in [1.82, 2.24) is 14.9 Å². The molecule has 0 radical (unpaired) electrons. The van der Waals surface area contributed by atoms with Crippen molar-refractivity contribution in [3.8, 4) is 5.75 Å². The van der Waals surface area contributed by atoms with Gasteiger partial charge in [-0.1, -0.05) is 17.7 Å². The van der Waals surface area contributed by atoms with Crippen molar-refractivity contribution in [2.24, 2.45) is 5.92 Å². The number of fused-ring (bicyclic) bond motifs is 2. The topological polar surface area (TPSA) is 79.4 Å². The average molecular weight is 578 g/mol. The Balaban J connectivity index is 1.07. The van der Waals surface area contributed by atoms with E-state index in [9.17, 15) is 4.57 Å². The molecule has 210 valence electrons. The Bertz CT molecular complexity index is 1480. The van der Waals surface area contributed by atoms with Crippen LogP contribution in [0.4, 0.5) is 23.1 Å². The normalized spacial score (nSPS) is 24.1. The highest BCUT2D eigenvalue weighted by Crippen LogP contribution is 2.44. The lowest BCUT2D eigenvalue weighted by Gasteiger charge is -2.32. The molecule has 2 aliphatic heterocycles. The van der Waals surface area contributed by atoms with Crippen LogP contribution in [0.2, 0.25) is 5.02 Å². The van der Waals surface area contributed by atoms with Gasteiger partial charge in [-0.2, -0.15) is 4.98 Å². The molecule has 2 N–H and O–H groups in total. The van der Waals surface area contributed by atoms with Crippen molar-refractivity contribution in [2.75, 3.05) is 30.5 Å². The molecular weight excluding hydrogens is 541 g/mol. The molecule has 3 aliphatic carbocycles. The van der Waals surface area contributed by atoms with Crippen LogP contribution in [0.1, 0.15) is 49.7 Å². The van der Waals surface area contributed by atoms with Crippen molar-refractivity contribution in [1.29, 1.82) is 0 Å². The zero-order valence-electron chi connectivity index (χ0n) is 23.2. The van der Waals surface area contributed by atoms with E-state index in [1.807, 2.05) is 18.2 Å². The maximum Gasteiger partial charge on any atom is 0.229 e. The van der Waals surface area contributed by atoms with Gasteiger partial charge in [-0.15, -0.1) is 0 Å². The number of nitrogens with one attached hydrogen (secondary N) is 2. The van der Waals surface area contributed by atoms with E-state index in [0.717, 1.165) is 55.1 Å². The summed E-state index contributed by atoms with van der Waals surface area (Å²) in [6.45, 7) is 4.84. The van der Waals surface area contributed by atoms with Gasteiger partial charge in [0.2, 0.25) is 5.95 Å². The molecule has 8 rings (SSSR count). The number of hydrogen-bond donors (Lipinski definition) is 2. The van der Waals surface area contributed by atoms with Gasteiger partial charge in [0.15, 0.2) is 5.82 Å². The summed E-state index contributed by atoms with van der Waals surface area (Å²) in [5.41, 5.74) is 4.57. The Labute approximate surface area is 241 Å². The van der Waals surface area contributed by atoms with Gasteiger partial charge in [0.05, 0.1) is 18.0 Å².